The van der Waals surface area contributed by atoms with Crippen LogP contribution in [-0.4, -0.2) is 0 Å². The third-order valence-corrected chi connectivity index (χ3v) is 9.47. The van der Waals surface area contributed by atoms with Gasteiger partial charge in [-0.3, -0.25) is 0 Å². The quantitative estimate of drug-likeness (QED) is 0.0644. The first-order valence-electron chi connectivity index (χ1n) is 18.7. The Morgan fingerprint density at radius 3 is 0.625 bits per heavy atom. The fourth-order valence-electron chi connectivity index (χ4n) is 6.09. The number of halogens is 2. The highest BCUT2D eigenvalue weighted by Gasteiger charge is 2.04. The van der Waals surface area contributed by atoms with Crippen molar-refractivity contribution in [3.63, 3.8) is 0 Å². The van der Waals surface area contributed by atoms with Crippen LogP contribution in [0, 0.1) is 0 Å². The number of hydrogen-bond donors (Lipinski definition) is 0. The second-order valence-electron chi connectivity index (χ2n) is 13.0. The monoisotopic (exact) mass is 601 g/mol. The van der Waals surface area contributed by atoms with E-state index < -0.39 is 0 Å². The maximum absolute atomic E-state index is 6.23. The van der Waals surface area contributed by atoms with Crippen LogP contribution in [0.5, 0.6) is 0 Å². The lowest BCUT2D eigenvalue weighted by molar-refractivity contribution is 0.526. The third-order valence-electron chi connectivity index (χ3n) is 8.93. The predicted molar refractivity (Wildman–Crippen MR) is 187 cm³/mol. The summed E-state index contributed by atoms with van der Waals surface area (Å²) in [5.74, 6) is 0. The largest absolute Gasteiger partial charge is 0.106 e. The lowest BCUT2D eigenvalue weighted by Crippen LogP contribution is -1.89. The van der Waals surface area contributed by atoms with Crippen molar-refractivity contribution in [3.8, 4) is 0 Å². The molecule has 0 radical (unpaired) electrons. The normalized spacial score (nSPS) is 11.4. The molecule has 240 valence electrons. The molecule has 0 fully saturated rings. The second kappa shape index (κ2) is 35.5. The van der Waals surface area contributed by atoms with Crippen molar-refractivity contribution in [2.45, 2.75) is 232 Å². The van der Waals surface area contributed by atoms with E-state index in [2.05, 4.69) is 13.8 Å². The molecule has 0 N–H and O–H groups in total. The molecule has 0 spiro atoms. The Balaban J connectivity index is 3.39. The molecule has 0 aromatic carbocycles. The van der Waals surface area contributed by atoms with Gasteiger partial charge in [-0.05, 0) is 31.3 Å². The van der Waals surface area contributed by atoms with Gasteiger partial charge in [0, 0.05) is 0 Å². The Morgan fingerprint density at radius 1 is 0.275 bits per heavy atom. The average Bonchev–Trinajstić information content (AvgIpc) is 2.95. The van der Waals surface area contributed by atoms with E-state index in [0.29, 0.717) is 4.49 Å². The van der Waals surface area contributed by atoms with Crippen molar-refractivity contribution in [3.05, 3.63) is 10.1 Å². The van der Waals surface area contributed by atoms with Crippen molar-refractivity contribution in [2.24, 2.45) is 0 Å². The van der Waals surface area contributed by atoms with Gasteiger partial charge in [0.1, 0.15) is 4.49 Å². The van der Waals surface area contributed by atoms with E-state index in [1.54, 1.807) is 0 Å². The number of allylic oxidation sites excluding steroid dienone is 1. The molecule has 0 aliphatic rings. The van der Waals surface area contributed by atoms with Gasteiger partial charge in [0.2, 0.25) is 0 Å². The molecule has 0 nitrogen and oxygen atoms in total. The number of hydrogen-bond acceptors (Lipinski definition) is 0. The van der Waals surface area contributed by atoms with E-state index in [9.17, 15) is 0 Å². The molecule has 0 unspecified atom stereocenters. The first kappa shape index (κ1) is 40.3. The summed E-state index contributed by atoms with van der Waals surface area (Å²) < 4.78 is 0.557. The van der Waals surface area contributed by atoms with Gasteiger partial charge in [0.05, 0.1) is 0 Å². The maximum Gasteiger partial charge on any atom is 0.106 e. The molecular formula is C38H74Cl2. The minimum absolute atomic E-state index is 0.557. The summed E-state index contributed by atoms with van der Waals surface area (Å²) >= 11 is 12.5. The summed E-state index contributed by atoms with van der Waals surface area (Å²) in [4.78, 5) is 0. The second-order valence-corrected chi connectivity index (χ2v) is 13.9. The first-order valence-corrected chi connectivity index (χ1v) is 19.5. The van der Waals surface area contributed by atoms with Crippen LogP contribution in [0.2, 0.25) is 0 Å². The standard InChI is InChI=1S/C38H74Cl2/c1-3-5-7-9-11-13-15-17-19-21-23-25-27-29-31-33-35-37(38(39)40)36-34-32-30-28-26-24-22-20-18-16-14-12-10-8-6-4-2/h3-36H2,1-2H3. The van der Waals surface area contributed by atoms with Gasteiger partial charge in [0.15, 0.2) is 0 Å². The zero-order valence-electron chi connectivity index (χ0n) is 27.8. The molecule has 0 heterocycles. The summed E-state index contributed by atoms with van der Waals surface area (Å²) in [5.41, 5.74) is 1.32. The summed E-state index contributed by atoms with van der Waals surface area (Å²) in [6.45, 7) is 4.60. The third kappa shape index (κ3) is 32.8. The summed E-state index contributed by atoms with van der Waals surface area (Å²) in [7, 11) is 0. The summed E-state index contributed by atoms with van der Waals surface area (Å²) in [5, 5.41) is 0. The van der Waals surface area contributed by atoms with Crippen molar-refractivity contribution in [2.75, 3.05) is 0 Å². The zero-order chi connectivity index (χ0) is 29.2. The Bertz CT molecular complexity index is 456. The molecule has 0 rings (SSSR count). The van der Waals surface area contributed by atoms with Crippen molar-refractivity contribution in [1.29, 1.82) is 0 Å². The number of rotatable bonds is 34. The molecule has 40 heavy (non-hydrogen) atoms. The lowest BCUT2D eigenvalue weighted by Gasteiger charge is -2.09. The first-order chi connectivity index (χ1) is 19.7. The van der Waals surface area contributed by atoms with Crippen molar-refractivity contribution in [1.82, 2.24) is 0 Å². The molecule has 2 heteroatoms. The van der Waals surface area contributed by atoms with E-state index in [1.165, 1.54) is 211 Å². The Hall–Kier alpha value is 0.320. The molecule has 0 bridgehead atoms. The topological polar surface area (TPSA) is 0 Å². The Kier molecular flexibility index (Phi) is 35.8. The molecule has 0 atom stereocenters. The van der Waals surface area contributed by atoms with Crippen LogP contribution in [0.25, 0.3) is 0 Å². The van der Waals surface area contributed by atoms with Crippen molar-refractivity contribution >= 4 is 23.2 Å². The Morgan fingerprint density at radius 2 is 0.450 bits per heavy atom. The predicted octanol–water partition coefficient (Wildman–Crippen LogP) is 16.0. The van der Waals surface area contributed by atoms with Gasteiger partial charge < -0.3 is 0 Å². The van der Waals surface area contributed by atoms with Crippen LogP contribution in [0.1, 0.15) is 232 Å². The van der Waals surface area contributed by atoms with Crippen LogP contribution in [0.3, 0.4) is 0 Å². The maximum atomic E-state index is 6.23. The molecule has 0 aliphatic carbocycles. The molecular weight excluding hydrogens is 527 g/mol. The number of unbranched alkanes of at least 4 members (excludes halogenated alkanes) is 30. The highest BCUT2D eigenvalue weighted by molar-refractivity contribution is 6.56. The fourth-order valence-corrected chi connectivity index (χ4v) is 6.46. The molecule has 0 saturated carbocycles. The average molecular weight is 602 g/mol. The fraction of sp³-hybridized carbons (Fsp3) is 0.947. The van der Waals surface area contributed by atoms with Gasteiger partial charge >= 0.3 is 0 Å². The molecule has 0 saturated heterocycles. The van der Waals surface area contributed by atoms with E-state index >= 15 is 0 Å². The highest BCUT2D eigenvalue weighted by Crippen LogP contribution is 2.26. The van der Waals surface area contributed by atoms with Crippen LogP contribution in [-0.2, 0) is 0 Å². The lowest BCUT2D eigenvalue weighted by atomic mass is 10.00. The van der Waals surface area contributed by atoms with Crippen molar-refractivity contribution < 1.29 is 0 Å². The van der Waals surface area contributed by atoms with Gasteiger partial charge in [0.25, 0.3) is 0 Å². The van der Waals surface area contributed by atoms with E-state index in [4.69, 9.17) is 23.2 Å². The molecule has 0 aromatic heterocycles. The van der Waals surface area contributed by atoms with Crippen LogP contribution < -0.4 is 0 Å². The summed E-state index contributed by atoms with van der Waals surface area (Å²) in [6.07, 6.45) is 47.6. The summed E-state index contributed by atoms with van der Waals surface area (Å²) in [6, 6.07) is 0. The minimum atomic E-state index is 0.557. The van der Waals surface area contributed by atoms with E-state index in [-0.39, 0.29) is 0 Å². The smallest absolute Gasteiger partial charge is 0.0709 e. The van der Waals surface area contributed by atoms with Crippen LogP contribution in [0.15, 0.2) is 10.1 Å². The van der Waals surface area contributed by atoms with Crippen LogP contribution in [0.4, 0.5) is 0 Å². The van der Waals surface area contributed by atoms with Gasteiger partial charge in [-0.1, -0.05) is 230 Å². The SMILES string of the molecule is CCCCCCCCCCCCCCCCCCC(CCCCCCCCCCCCCCCCCC)=C(Cl)Cl. The molecule has 0 aromatic rings. The van der Waals surface area contributed by atoms with Gasteiger partial charge in [-0.2, -0.15) is 0 Å². The Labute approximate surface area is 264 Å². The molecule has 0 aliphatic heterocycles. The van der Waals surface area contributed by atoms with Gasteiger partial charge in [-0.25, -0.2) is 0 Å². The van der Waals surface area contributed by atoms with Crippen LogP contribution >= 0.6 is 23.2 Å². The van der Waals surface area contributed by atoms with E-state index in [1.807, 2.05) is 0 Å². The zero-order valence-corrected chi connectivity index (χ0v) is 29.3. The van der Waals surface area contributed by atoms with Gasteiger partial charge in [-0.15, -0.1) is 0 Å². The molecule has 0 amide bonds. The highest BCUT2D eigenvalue weighted by atomic mass is 35.5. The minimum Gasteiger partial charge on any atom is -0.0709 e. The van der Waals surface area contributed by atoms with E-state index in [0.717, 1.165) is 12.8 Å².